The lowest BCUT2D eigenvalue weighted by Gasteiger charge is -2.10. The topological polar surface area (TPSA) is 87.2 Å². The van der Waals surface area contributed by atoms with Crippen LogP contribution in [0.3, 0.4) is 0 Å². The largest absolute Gasteiger partial charge is 0.298 e. The van der Waals surface area contributed by atoms with E-state index in [-0.39, 0.29) is 0 Å². The van der Waals surface area contributed by atoms with Crippen molar-refractivity contribution in [1.82, 2.24) is 40.0 Å². The van der Waals surface area contributed by atoms with Gasteiger partial charge in [-0.3, -0.25) is 9.55 Å². The van der Waals surface area contributed by atoms with E-state index < -0.39 is 0 Å². The Hall–Kier alpha value is -3.85. The highest BCUT2D eigenvalue weighted by molar-refractivity contribution is 7.99. The number of pyridine rings is 1. The number of thioether (sulfide) groups is 1. The molecular formula is C26H26N8S. The lowest BCUT2D eigenvalue weighted by atomic mass is 10.2. The predicted molar refractivity (Wildman–Crippen MR) is 137 cm³/mol. The molecule has 0 atom stereocenters. The summed E-state index contributed by atoms with van der Waals surface area (Å²) in [6, 6.07) is 24.3. The van der Waals surface area contributed by atoms with Crippen LogP contribution >= 0.6 is 11.8 Å². The van der Waals surface area contributed by atoms with Gasteiger partial charge < -0.3 is 0 Å². The molecule has 0 aliphatic heterocycles. The van der Waals surface area contributed by atoms with Gasteiger partial charge in [-0.1, -0.05) is 78.8 Å². The number of hydrogen-bond acceptors (Lipinski definition) is 7. The van der Waals surface area contributed by atoms with E-state index in [1.807, 2.05) is 54.7 Å². The first-order valence-electron chi connectivity index (χ1n) is 11.7. The van der Waals surface area contributed by atoms with E-state index in [2.05, 4.69) is 59.4 Å². The lowest BCUT2D eigenvalue weighted by molar-refractivity contribution is 0.487. The Labute approximate surface area is 208 Å². The molecule has 3 heterocycles. The van der Waals surface area contributed by atoms with Gasteiger partial charge in [-0.25, -0.2) is 0 Å². The average Bonchev–Trinajstić information content (AvgIpc) is 3.55. The summed E-state index contributed by atoms with van der Waals surface area (Å²) in [5.41, 5.74) is 3.17. The zero-order chi connectivity index (χ0) is 23.7. The van der Waals surface area contributed by atoms with Gasteiger partial charge in [0, 0.05) is 29.3 Å². The van der Waals surface area contributed by atoms with E-state index in [4.69, 9.17) is 0 Å². The van der Waals surface area contributed by atoms with E-state index in [0.29, 0.717) is 5.82 Å². The standard InChI is InChI=1S/C26H26N8S/c1-4-11-21(12-5-1)20-33-25(23-15-10-16-27-19-23)29-30-26(33)35-18-9-3-8-17-34-31-24(28-32-34)22-13-6-2-7-14-22/h1-2,4-7,10-16,19H,3,8-9,17-18,20H2. The Morgan fingerprint density at radius 2 is 1.54 bits per heavy atom. The van der Waals surface area contributed by atoms with Gasteiger partial charge in [-0.05, 0) is 35.8 Å². The van der Waals surface area contributed by atoms with Crippen LogP contribution in [0.4, 0.5) is 0 Å². The third kappa shape index (κ3) is 5.99. The zero-order valence-corrected chi connectivity index (χ0v) is 20.1. The Balaban J connectivity index is 1.15. The second-order valence-electron chi connectivity index (χ2n) is 8.10. The fourth-order valence-corrected chi connectivity index (χ4v) is 4.69. The molecule has 9 heteroatoms. The number of tetrazole rings is 1. The molecule has 0 fully saturated rings. The summed E-state index contributed by atoms with van der Waals surface area (Å²) in [7, 11) is 0. The third-order valence-corrected chi connectivity index (χ3v) is 6.59. The van der Waals surface area contributed by atoms with Gasteiger partial charge in [0.05, 0.1) is 13.1 Å². The van der Waals surface area contributed by atoms with Crippen LogP contribution in [-0.2, 0) is 13.1 Å². The molecule has 5 rings (SSSR count). The highest BCUT2D eigenvalue weighted by atomic mass is 32.2. The van der Waals surface area contributed by atoms with Crippen molar-refractivity contribution in [2.24, 2.45) is 0 Å². The number of hydrogen-bond donors (Lipinski definition) is 0. The van der Waals surface area contributed by atoms with Gasteiger partial charge in [0.1, 0.15) is 0 Å². The number of aromatic nitrogens is 8. The molecule has 5 aromatic rings. The van der Waals surface area contributed by atoms with Crippen LogP contribution in [0.1, 0.15) is 24.8 Å². The summed E-state index contributed by atoms with van der Waals surface area (Å²) in [5.74, 6) is 2.49. The molecule has 0 radical (unpaired) electrons. The normalized spacial score (nSPS) is 11.1. The van der Waals surface area contributed by atoms with Gasteiger partial charge in [-0.2, -0.15) is 4.80 Å². The summed E-state index contributed by atoms with van der Waals surface area (Å²) < 4.78 is 2.18. The van der Waals surface area contributed by atoms with E-state index in [9.17, 15) is 0 Å². The molecule has 0 bridgehead atoms. The summed E-state index contributed by atoms with van der Waals surface area (Å²) in [6.07, 6.45) is 6.77. The van der Waals surface area contributed by atoms with E-state index >= 15 is 0 Å². The molecule has 0 aliphatic rings. The Kier molecular flexibility index (Phi) is 7.55. The number of rotatable bonds is 11. The fraction of sp³-hybridized carbons (Fsp3) is 0.231. The Bertz CT molecular complexity index is 1320. The quantitative estimate of drug-likeness (QED) is 0.193. The van der Waals surface area contributed by atoms with E-state index in [0.717, 1.165) is 60.2 Å². The maximum absolute atomic E-state index is 4.50. The van der Waals surface area contributed by atoms with Crippen molar-refractivity contribution < 1.29 is 0 Å². The molecule has 8 nitrogen and oxygen atoms in total. The molecule has 3 aromatic heterocycles. The van der Waals surface area contributed by atoms with Gasteiger partial charge >= 0.3 is 0 Å². The lowest BCUT2D eigenvalue weighted by Crippen LogP contribution is -2.05. The van der Waals surface area contributed by atoms with Crippen molar-refractivity contribution in [1.29, 1.82) is 0 Å². The average molecular weight is 483 g/mol. The molecule has 0 saturated heterocycles. The third-order valence-electron chi connectivity index (χ3n) is 5.54. The number of nitrogens with zero attached hydrogens (tertiary/aromatic N) is 8. The Morgan fingerprint density at radius 1 is 0.743 bits per heavy atom. The van der Waals surface area contributed by atoms with Crippen molar-refractivity contribution in [2.75, 3.05) is 5.75 Å². The SMILES string of the molecule is c1ccc(Cn2c(SCCCCCn3nnc(-c4ccccc4)n3)nnc2-c2cccnc2)cc1. The van der Waals surface area contributed by atoms with Crippen molar-refractivity contribution in [3.05, 3.63) is 90.8 Å². The minimum absolute atomic E-state index is 0.670. The van der Waals surface area contributed by atoms with Crippen LogP contribution in [-0.4, -0.2) is 45.7 Å². The van der Waals surface area contributed by atoms with Gasteiger partial charge in [-0.15, -0.1) is 20.4 Å². The summed E-state index contributed by atoms with van der Waals surface area (Å²) in [6.45, 7) is 1.49. The molecular weight excluding hydrogens is 456 g/mol. The van der Waals surface area contributed by atoms with Gasteiger partial charge in [0.2, 0.25) is 5.82 Å². The first kappa shape index (κ1) is 22.9. The number of benzene rings is 2. The van der Waals surface area contributed by atoms with Crippen molar-refractivity contribution in [2.45, 2.75) is 37.5 Å². The minimum Gasteiger partial charge on any atom is -0.298 e. The molecule has 0 spiro atoms. The molecule has 0 N–H and O–H groups in total. The molecule has 0 unspecified atom stereocenters. The van der Waals surface area contributed by atoms with E-state index in [1.54, 1.807) is 22.8 Å². The maximum Gasteiger partial charge on any atom is 0.204 e. The van der Waals surface area contributed by atoms with Crippen molar-refractivity contribution in [3.63, 3.8) is 0 Å². The second-order valence-corrected chi connectivity index (χ2v) is 9.17. The first-order valence-corrected chi connectivity index (χ1v) is 12.7. The fourth-order valence-electron chi connectivity index (χ4n) is 3.75. The summed E-state index contributed by atoms with van der Waals surface area (Å²) in [4.78, 5) is 5.94. The molecule has 0 amide bonds. The number of aryl methyl sites for hydroxylation is 1. The zero-order valence-electron chi connectivity index (χ0n) is 19.3. The molecule has 0 saturated carbocycles. The monoisotopic (exact) mass is 482 g/mol. The minimum atomic E-state index is 0.670. The van der Waals surface area contributed by atoms with Crippen molar-refractivity contribution >= 4 is 11.8 Å². The molecule has 176 valence electrons. The smallest absolute Gasteiger partial charge is 0.204 e. The van der Waals surface area contributed by atoms with Crippen LogP contribution in [0.5, 0.6) is 0 Å². The molecule has 2 aromatic carbocycles. The first-order chi connectivity index (χ1) is 17.4. The maximum atomic E-state index is 4.50. The van der Waals surface area contributed by atoms with Gasteiger partial charge in [0.25, 0.3) is 0 Å². The van der Waals surface area contributed by atoms with Gasteiger partial charge in [0.15, 0.2) is 11.0 Å². The van der Waals surface area contributed by atoms with Crippen molar-refractivity contribution in [3.8, 4) is 22.8 Å². The van der Waals surface area contributed by atoms with Crippen LogP contribution in [0.2, 0.25) is 0 Å². The van der Waals surface area contributed by atoms with Crippen LogP contribution < -0.4 is 0 Å². The molecule has 0 aliphatic carbocycles. The number of unbranched alkanes of at least 4 members (excludes halogenated alkanes) is 2. The Morgan fingerprint density at radius 3 is 2.34 bits per heavy atom. The van der Waals surface area contributed by atoms with Crippen LogP contribution in [0.15, 0.2) is 90.3 Å². The van der Waals surface area contributed by atoms with Crippen LogP contribution in [0.25, 0.3) is 22.8 Å². The predicted octanol–water partition coefficient (Wildman–Crippen LogP) is 5.00. The highest BCUT2D eigenvalue weighted by Crippen LogP contribution is 2.25. The van der Waals surface area contributed by atoms with E-state index in [1.165, 1.54) is 5.56 Å². The summed E-state index contributed by atoms with van der Waals surface area (Å²) in [5, 5.41) is 22.8. The highest BCUT2D eigenvalue weighted by Gasteiger charge is 2.15. The summed E-state index contributed by atoms with van der Waals surface area (Å²) >= 11 is 1.75. The molecule has 35 heavy (non-hydrogen) atoms. The van der Waals surface area contributed by atoms with Crippen LogP contribution in [0, 0.1) is 0 Å². The second kappa shape index (κ2) is 11.5.